The molecule has 0 aromatic rings. The van der Waals surface area contributed by atoms with E-state index in [1.807, 2.05) is 7.05 Å². The Labute approximate surface area is 129 Å². The lowest BCUT2D eigenvalue weighted by Crippen LogP contribution is -2.51. The summed E-state index contributed by atoms with van der Waals surface area (Å²) in [7, 11) is 0.678. The van der Waals surface area contributed by atoms with E-state index in [-0.39, 0.29) is 0 Å². The molecule has 0 aliphatic carbocycles. The minimum absolute atomic E-state index is 0.339. The Kier molecular flexibility index (Phi) is 6.43. The van der Waals surface area contributed by atoms with Crippen molar-refractivity contribution in [1.29, 1.82) is 0 Å². The van der Waals surface area contributed by atoms with Crippen molar-refractivity contribution in [3.63, 3.8) is 0 Å². The summed E-state index contributed by atoms with van der Waals surface area (Å²) in [6, 6.07) is 0.339. The van der Waals surface area contributed by atoms with Gasteiger partial charge in [-0.05, 0) is 58.8 Å². The van der Waals surface area contributed by atoms with Crippen molar-refractivity contribution in [2.45, 2.75) is 38.1 Å². The van der Waals surface area contributed by atoms with E-state index in [0.29, 0.717) is 31.6 Å². The largest absolute Gasteiger partial charge is 0.319 e. The van der Waals surface area contributed by atoms with Gasteiger partial charge in [0.1, 0.15) is 0 Å². The summed E-state index contributed by atoms with van der Waals surface area (Å²) in [6.45, 7) is 3.77. The maximum atomic E-state index is 12.5. The van der Waals surface area contributed by atoms with Gasteiger partial charge in [0.05, 0.1) is 0 Å². The normalized spacial score (nSPS) is 29.6. The van der Waals surface area contributed by atoms with Crippen LogP contribution in [0.1, 0.15) is 32.1 Å². The van der Waals surface area contributed by atoms with Crippen LogP contribution in [0.3, 0.4) is 0 Å². The molecule has 0 radical (unpaired) electrons. The van der Waals surface area contributed by atoms with Gasteiger partial charge in [0, 0.05) is 25.7 Å². The molecule has 124 valence electrons. The van der Waals surface area contributed by atoms with Gasteiger partial charge in [-0.25, -0.2) is 4.72 Å². The molecule has 7 heteroatoms. The number of hydrogen-bond acceptors (Lipinski definition) is 4. The van der Waals surface area contributed by atoms with Crippen molar-refractivity contribution in [2.24, 2.45) is 5.92 Å². The summed E-state index contributed by atoms with van der Waals surface area (Å²) in [5.74, 6) is 0.428. The molecule has 21 heavy (non-hydrogen) atoms. The van der Waals surface area contributed by atoms with Crippen molar-refractivity contribution in [1.82, 2.24) is 19.2 Å². The molecule has 2 atom stereocenters. The predicted octanol–water partition coefficient (Wildman–Crippen LogP) is 0.237. The van der Waals surface area contributed by atoms with Crippen molar-refractivity contribution in [3.05, 3.63) is 0 Å². The van der Waals surface area contributed by atoms with E-state index >= 15 is 0 Å². The molecule has 0 spiro atoms. The van der Waals surface area contributed by atoms with Crippen LogP contribution in [0.2, 0.25) is 0 Å². The first-order valence-electron chi connectivity index (χ1n) is 8.12. The number of hydrogen-bond donors (Lipinski definition) is 2. The molecule has 2 fully saturated rings. The average Bonchev–Trinajstić information content (AvgIpc) is 2.47. The lowest BCUT2D eigenvalue weighted by Gasteiger charge is -2.35. The van der Waals surface area contributed by atoms with Gasteiger partial charge in [0.2, 0.25) is 0 Å². The Bertz CT molecular complexity index is 413. The second kappa shape index (κ2) is 7.87. The first-order chi connectivity index (χ1) is 10.0. The number of nitrogens with one attached hydrogen (secondary N) is 2. The number of rotatable bonds is 6. The molecular weight excluding hydrogens is 288 g/mol. The van der Waals surface area contributed by atoms with Crippen LogP contribution in [0.25, 0.3) is 0 Å². The van der Waals surface area contributed by atoms with Crippen molar-refractivity contribution >= 4 is 10.2 Å². The minimum atomic E-state index is -3.33. The molecule has 0 bridgehead atoms. The Balaban J connectivity index is 1.85. The van der Waals surface area contributed by atoms with Crippen molar-refractivity contribution < 1.29 is 8.42 Å². The van der Waals surface area contributed by atoms with E-state index in [1.165, 1.54) is 12.8 Å². The molecule has 2 saturated heterocycles. The summed E-state index contributed by atoms with van der Waals surface area (Å²) in [5.41, 5.74) is 0. The highest BCUT2D eigenvalue weighted by Gasteiger charge is 2.29. The smallest absolute Gasteiger partial charge is 0.279 e. The number of nitrogens with zero attached hydrogens (tertiary/aromatic N) is 2. The van der Waals surface area contributed by atoms with Gasteiger partial charge >= 0.3 is 0 Å². The molecule has 2 rings (SSSR count). The van der Waals surface area contributed by atoms with Gasteiger partial charge < -0.3 is 10.2 Å². The van der Waals surface area contributed by atoms with Crippen LogP contribution in [0, 0.1) is 5.92 Å². The van der Waals surface area contributed by atoms with Crippen LogP contribution in [0.5, 0.6) is 0 Å². The molecule has 2 N–H and O–H groups in total. The molecule has 2 aliphatic rings. The second-order valence-electron chi connectivity index (χ2n) is 6.41. The second-order valence-corrected chi connectivity index (χ2v) is 8.16. The molecule has 2 aliphatic heterocycles. The highest BCUT2D eigenvalue weighted by Crippen LogP contribution is 2.19. The maximum absolute atomic E-state index is 12.5. The van der Waals surface area contributed by atoms with Gasteiger partial charge in [-0.1, -0.05) is 6.42 Å². The Morgan fingerprint density at radius 3 is 2.62 bits per heavy atom. The van der Waals surface area contributed by atoms with E-state index in [4.69, 9.17) is 0 Å². The zero-order chi connectivity index (χ0) is 15.3. The number of likely N-dealkylation sites (N-methyl/N-ethyl adjacent to an activating group) is 1. The van der Waals surface area contributed by atoms with E-state index in [9.17, 15) is 8.42 Å². The summed E-state index contributed by atoms with van der Waals surface area (Å²) >= 11 is 0. The first kappa shape index (κ1) is 17.1. The molecule has 2 heterocycles. The fraction of sp³-hybridized carbons (Fsp3) is 1.00. The zero-order valence-electron chi connectivity index (χ0n) is 13.3. The third-order valence-corrected chi connectivity index (χ3v) is 6.28. The van der Waals surface area contributed by atoms with Crippen molar-refractivity contribution in [2.75, 3.05) is 46.8 Å². The van der Waals surface area contributed by atoms with E-state index in [1.54, 1.807) is 4.31 Å². The Morgan fingerprint density at radius 2 is 1.90 bits per heavy atom. The van der Waals surface area contributed by atoms with Crippen LogP contribution in [0.15, 0.2) is 0 Å². The zero-order valence-corrected chi connectivity index (χ0v) is 14.2. The lowest BCUT2D eigenvalue weighted by molar-refractivity contribution is 0.186. The third-order valence-electron chi connectivity index (χ3n) is 4.74. The van der Waals surface area contributed by atoms with Gasteiger partial charge in [0.15, 0.2) is 0 Å². The maximum Gasteiger partial charge on any atom is 0.279 e. The van der Waals surface area contributed by atoms with Crippen LogP contribution in [0.4, 0.5) is 0 Å². The van der Waals surface area contributed by atoms with Gasteiger partial charge in [-0.3, -0.25) is 0 Å². The molecule has 0 aromatic heterocycles. The third kappa shape index (κ3) is 4.89. The minimum Gasteiger partial charge on any atom is -0.319 e. The van der Waals surface area contributed by atoms with E-state index < -0.39 is 10.2 Å². The highest BCUT2D eigenvalue weighted by molar-refractivity contribution is 7.87. The van der Waals surface area contributed by atoms with Gasteiger partial charge in [-0.2, -0.15) is 12.7 Å². The molecule has 2 unspecified atom stereocenters. The average molecular weight is 318 g/mol. The van der Waals surface area contributed by atoms with Crippen molar-refractivity contribution in [3.8, 4) is 0 Å². The van der Waals surface area contributed by atoms with Gasteiger partial charge in [0.25, 0.3) is 10.2 Å². The van der Waals surface area contributed by atoms with E-state index in [2.05, 4.69) is 22.0 Å². The lowest BCUT2D eigenvalue weighted by atomic mass is 10.00. The summed E-state index contributed by atoms with van der Waals surface area (Å²) < 4.78 is 29.4. The standard InChI is InChI=1S/C14H30N4O2S/c1-15-10-13-6-5-9-18(12-13)21(19,20)16-11-14-7-3-4-8-17(14)2/h13-16H,3-12H2,1-2H3. The van der Waals surface area contributed by atoms with Gasteiger partial charge in [-0.15, -0.1) is 0 Å². The predicted molar refractivity (Wildman–Crippen MR) is 85.4 cm³/mol. The molecule has 6 nitrogen and oxygen atoms in total. The first-order valence-corrected chi connectivity index (χ1v) is 9.56. The van der Waals surface area contributed by atoms with Crippen LogP contribution >= 0.6 is 0 Å². The molecule has 0 saturated carbocycles. The van der Waals surface area contributed by atoms with Crippen LogP contribution in [-0.4, -0.2) is 70.5 Å². The Morgan fingerprint density at radius 1 is 1.10 bits per heavy atom. The summed E-state index contributed by atoms with van der Waals surface area (Å²) in [6.07, 6.45) is 5.57. The fourth-order valence-electron chi connectivity index (χ4n) is 3.40. The quantitative estimate of drug-likeness (QED) is 0.736. The SMILES string of the molecule is CNCC1CCCN(S(=O)(=O)NCC2CCCCN2C)C1. The topological polar surface area (TPSA) is 64.7 Å². The van der Waals surface area contributed by atoms with E-state index in [0.717, 1.165) is 32.4 Å². The van der Waals surface area contributed by atoms with Crippen LogP contribution in [-0.2, 0) is 10.2 Å². The fourth-order valence-corrected chi connectivity index (χ4v) is 4.76. The van der Waals surface area contributed by atoms with Crippen LogP contribution < -0.4 is 10.0 Å². The summed E-state index contributed by atoms with van der Waals surface area (Å²) in [4.78, 5) is 2.27. The monoisotopic (exact) mass is 318 g/mol. The number of likely N-dealkylation sites (tertiary alicyclic amines) is 1. The number of piperidine rings is 2. The molecule has 0 aromatic carbocycles. The highest BCUT2D eigenvalue weighted by atomic mass is 32.2. The Hall–Kier alpha value is -0.210. The molecule has 0 amide bonds. The molecular formula is C14H30N4O2S. The summed E-state index contributed by atoms with van der Waals surface area (Å²) in [5, 5.41) is 3.15.